The Labute approximate surface area is 249 Å². The summed E-state index contributed by atoms with van der Waals surface area (Å²) in [6.45, 7) is 44.2. The van der Waals surface area contributed by atoms with Crippen LogP contribution < -0.4 is 0 Å². The van der Waals surface area contributed by atoms with Crippen LogP contribution in [0.25, 0.3) is 0 Å². The molecule has 4 fully saturated rings. The van der Waals surface area contributed by atoms with E-state index >= 15 is 0 Å². The summed E-state index contributed by atoms with van der Waals surface area (Å²) in [6, 6.07) is 0. The van der Waals surface area contributed by atoms with E-state index in [1.54, 1.807) is 0 Å². The Morgan fingerprint density at radius 3 is 0.529 bits per heavy atom. The van der Waals surface area contributed by atoms with Gasteiger partial charge in [0.15, 0.2) is 0 Å². The van der Waals surface area contributed by atoms with E-state index in [0.717, 1.165) is 106 Å². The molecule has 10 heteroatoms. The summed E-state index contributed by atoms with van der Waals surface area (Å²) >= 11 is 6.78. The molecule has 4 rings (SSSR count). The predicted octanol–water partition coefficient (Wildman–Crippen LogP) is 5.75. The molecule has 0 saturated carbocycles. The van der Waals surface area contributed by atoms with Gasteiger partial charge >= 0.3 is 252 Å². The molecule has 0 aromatic carbocycles. The monoisotopic (exact) mass is 932 g/mol. The minimum absolute atomic E-state index is 0.707. The molecule has 0 amide bonds. The second-order valence-electron chi connectivity index (χ2n) is 14.3. The van der Waals surface area contributed by atoms with E-state index in [9.17, 15) is 0 Å². The van der Waals surface area contributed by atoms with Crippen LogP contribution in [0.15, 0.2) is 0 Å². The van der Waals surface area contributed by atoms with E-state index < -0.39 is 15.6 Å². The zero-order chi connectivity index (χ0) is 26.6. The van der Waals surface area contributed by atoms with Crippen LogP contribution in [0.1, 0.15) is 111 Å². The normalized spacial score (nSPS) is 37.1. The van der Waals surface area contributed by atoms with Crippen molar-refractivity contribution in [3.8, 4) is 0 Å². The maximum atomic E-state index is 2.87. The molecule has 200 valence electrons. The average molecular weight is 927 g/mol. The Morgan fingerprint density at radius 2 is 0.441 bits per heavy atom. The molecular formula is C24H52Se6Si4. The summed E-state index contributed by atoms with van der Waals surface area (Å²) in [6.07, 6.45) is 0. The van der Waals surface area contributed by atoms with Crippen molar-refractivity contribution in [2.24, 2.45) is 23.7 Å². The van der Waals surface area contributed by atoms with Crippen molar-refractivity contribution in [1.29, 1.82) is 0 Å². The quantitative estimate of drug-likeness (QED) is 0.273. The zero-order valence-corrected chi connectivity index (χ0v) is 39.0. The fourth-order valence-electron chi connectivity index (χ4n) is 4.30. The Kier molecular flexibility index (Phi) is 9.35. The van der Waals surface area contributed by atoms with Crippen LogP contribution in [0.3, 0.4) is 0 Å². The van der Waals surface area contributed by atoms with E-state index in [2.05, 4.69) is 111 Å². The second kappa shape index (κ2) is 9.78. The van der Waals surface area contributed by atoms with Crippen molar-refractivity contribution < 1.29 is 0 Å². The van der Waals surface area contributed by atoms with Crippen LogP contribution in [0, 0.1) is 23.7 Å². The third-order valence-electron chi connectivity index (χ3n) is 10.5. The van der Waals surface area contributed by atoms with Crippen molar-refractivity contribution in [1.82, 2.24) is 0 Å². The minimum atomic E-state index is -1.20. The van der Waals surface area contributed by atoms with Gasteiger partial charge in [0.1, 0.15) is 0 Å². The molecule has 0 unspecified atom stereocenters. The van der Waals surface area contributed by atoms with Crippen molar-refractivity contribution >= 4 is 97.6 Å². The van der Waals surface area contributed by atoms with Gasteiger partial charge in [-0.05, 0) is 0 Å². The number of hydrogen-bond acceptors (Lipinski definition) is 0. The molecule has 0 aromatic heterocycles. The van der Waals surface area contributed by atoms with Gasteiger partial charge in [-0.25, -0.2) is 0 Å². The Bertz CT molecular complexity index is 640. The fourth-order valence-corrected chi connectivity index (χ4v) is 922. The second-order valence-corrected chi connectivity index (χ2v) is 145. The molecule has 0 radical (unpaired) electrons. The van der Waals surface area contributed by atoms with Crippen LogP contribution >= 0.6 is 0 Å². The maximum absolute atomic E-state index is 2.87. The summed E-state index contributed by atoms with van der Waals surface area (Å²) in [5, 5.41) is 2.83. The van der Waals surface area contributed by atoms with Gasteiger partial charge in [-0.3, -0.25) is 0 Å². The van der Waals surface area contributed by atoms with Crippen LogP contribution in [0.4, 0.5) is 0 Å². The van der Waals surface area contributed by atoms with Gasteiger partial charge in [0.2, 0.25) is 0 Å². The molecule has 0 aromatic rings. The van der Waals surface area contributed by atoms with Gasteiger partial charge < -0.3 is 0 Å². The molecule has 4 aliphatic rings. The van der Waals surface area contributed by atoms with E-state index in [1.807, 2.05) is 0 Å². The fraction of sp³-hybridized carbons (Fsp3) is 1.00. The van der Waals surface area contributed by atoms with Crippen molar-refractivity contribution in [3.63, 3.8) is 0 Å². The standard InChI is InChI=1S/C24H52Se6Si4/c1-17(2)21(9,10)31-25-32(22(11,12)18(3)4)28-33(26-31,23(13,14)19(5)6)30-34(27-31,29-32)24(15,16)20(7)8/h17-20H,1-16H3. The SMILES string of the molecule is CC(C)C(C)(C)[Si]12[Se][Si]3(C(C)(C)C(C)C)[Se][Si](C(C)(C)C(C)C)([Se]1)[Se][Si](C(C)(C)C(C)C)([Se]2)[Se]3. The van der Waals surface area contributed by atoms with Crippen molar-refractivity contribution in [2.45, 2.75) is 131 Å². The summed E-state index contributed by atoms with van der Waals surface area (Å²) in [7, 11) is 0. The summed E-state index contributed by atoms with van der Waals surface area (Å²) in [4.78, 5) is 0. The third-order valence-corrected chi connectivity index (χ3v) is 329. The van der Waals surface area contributed by atoms with Gasteiger partial charge in [-0.15, -0.1) is 0 Å². The molecule has 0 atom stereocenters. The molecule has 4 aliphatic heterocycles. The Balaban J connectivity index is 2.44. The average Bonchev–Trinajstić information content (AvgIpc) is 2.65. The van der Waals surface area contributed by atoms with Crippen LogP contribution in [-0.4, -0.2) is 97.6 Å². The summed E-state index contributed by atoms with van der Waals surface area (Å²) < 4.78 is -4.81. The summed E-state index contributed by atoms with van der Waals surface area (Å²) in [5.41, 5.74) is 0. The number of rotatable bonds is 8. The third kappa shape index (κ3) is 4.41. The molecule has 0 aliphatic carbocycles. The predicted molar refractivity (Wildman–Crippen MR) is 173 cm³/mol. The van der Waals surface area contributed by atoms with E-state index in [0.29, 0.717) is 20.2 Å². The van der Waals surface area contributed by atoms with Gasteiger partial charge in [0.25, 0.3) is 0 Å². The van der Waals surface area contributed by atoms with Crippen molar-refractivity contribution in [2.75, 3.05) is 0 Å². The van der Waals surface area contributed by atoms with Gasteiger partial charge in [0, 0.05) is 0 Å². The van der Waals surface area contributed by atoms with Crippen LogP contribution in [-0.2, 0) is 0 Å². The first-order valence-corrected chi connectivity index (χ1v) is 51.0. The Hall–Kier alpha value is 3.98. The zero-order valence-electron chi connectivity index (χ0n) is 24.8. The first-order chi connectivity index (χ1) is 15.0. The van der Waals surface area contributed by atoms with E-state index in [1.165, 1.54) is 0 Å². The van der Waals surface area contributed by atoms with Crippen LogP contribution in [0.5, 0.6) is 0 Å². The first-order valence-electron chi connectivity index (χ1n) is 13.2. The first kappa shape index (κ1) is 32.5. The van der Waals surface area contributed by atoms with Gasteiger partial charge in [-0.1, -0.05) is 0 Å². The van der Waals surface area contributed by atoms with Gasteiger partial charge in [-0.2, -0.15) is 0 Å². The molecule has 0 spiro atoms. The Morgan fingerprint density at radius 1 is 0.324 bits per heavy atom. The molecule has 4 bridgehead atoms. The molecule has 4 heterocycles. The van der Waals surface area contributed by atoms with E-state index in [-0.39, 0.29) is 0 Å². The molecule has 0 N–H and O–H groups in total. The molecule has 4 saturated heterocycles. The molecular weight excluding hydrogens is 874 g/mol. The molecule has 0 nitrogen and oxygen atoms in total. The van der Waals surface area contributed by atoms with Gasteiger partial charge in [0.05, 0.1) is 0 Å². The topological polar surface area (TPSA) is 0 Å². The van der Waals surface area contributed by atoms with Crippen molar-refractivity contribution in [3.05, 3.63) is 0 Å². The van der Waals surface area contributed by atoms with Crippen LogP contribution in [0.2, 0.25) is 20.2 Å². The summed E-state index contributed by atoms with van der Waals surface area (Å²) in [5.74, 6) is 3.62. The number of hydrogen-bond donors (Lipinski definition) is 0. The molecule has 34 heavy (non-hydrogen) atoms. The van der Waals surface area contributed by atoms with E-state index in [4.69, 9.17) is 0 Å².